The minimum Gasteiger partial charge on any atom is -0.382 e. The summed E-state index contributed by atoms with van der Waals surface area (Å²) in [4.78, 5) is 8.38. The summed E-state index contributed by atoms with van der Waals surface area (Å²) in [7, 11) is 0. The summed E-state index contributed by atoms with van der Waals surface area (Å²) in [5, 5.41) is 19.4. The number of rotatable bonds is 7. The lowest BCUT2D eigenvalue weighted by atomic mass is 9.90. The Balaban J connectivity index is 1.65. The van der Waals surface area contributed by atoms with E-state index in [9.17, 15) is 13.9 Å². The van der Waals surface area contributed by atoms with Gasteiger partial charge in [0.25, 0.3) is 5.95 Å². The Morgan fingerprint density at radius 2 is 2.06 bits per heavy atom. The zero-order chi connectivity index (χ0) is 22.2. The predicted molar refractivity (Wildman–Crippen MR) is 112 cm³/mol. The zero-order valence-corrected chi connectivity index (χ0v) is 18.5. The van der Waals surface area contributed by atoms with Gasteiger partial charge in [-0.2, -0.15) is 19.6 Å². The van der Waals surface area contributed by atoms with Gasteiger partial charge in [-0.1, -0.05) is 17.8 Å². The topological polar surface area (TPSA) is 94.5 Å². The summed E-state index contributed by atoms with van der Waals surface area (Å²) in [5.74, 6) is -1.13. The minimum atomic E-state index is -1.72. The normalized spacial score (nSPS) is 14.5. The summed E-state index contributed by atoms with van der Waals surface area (Å²) in [6.07, 6.45) is 2.75. The first-order valence-electron chi connectivity index (χ1n) is 9.30. The molecule has 4 rings (SSSR count). The molecule has 0 aliphatic heterocycles. The van der Waals surface area contributed by atoms with Crippen LogP contribution in [0.3, 0.4) is 0 Å². The lowest BCUT2D eigenvalue weighted by Crippen LogP contribution is -2.41. The first-order chi connectivity index (χ1) is 14.8. The van der Waals surface area contributed by atoms with Gasteiger partial charge in [0.2, 0.25) is 0 Å². The number of aryl methyl sites for hydroxylation is 2. The smallest absolute Gasteiger partial charge is 0.263 e. The van der Waals surface area contributed by atoms with Gasteiger partial charge < -0.3 is 5.11 Å². The Labute approximate surface area is 185 Å². The summed E-state index contributed by atoms with van der Waals surface area (Å²) >= 11 is 2.40. The second-order valence-electron chi connectivity index (χ2n) is 7.10. The second kappa shape index (κ2) is 8.44. The number of benzene rings is 1. The highest BCUT2D eigenvalue weighted by atomic mass is 32.2. The molecule has 0 unspecified atom stereocenters. The third-order valence-corrected chi connectivity index (χ3v) is 6.86. The van der Waals surface area contributed by atoms with Gasteiger partial charge in [-0.15, -0.1) is 0 Å². The van der Waals surface area contributed by atoms with Gasteiger partial charge >= 0.3 is 0 Å². The predicted octanol–water partition coefficient (Wildman–Crippen LogP) is 3.28. The third kappa shape index (κ3) is 4.36. The number of nitrogens with zero attached hydrogens (tertiary/aromatic N) is 7. The zero-order valence-electron chi connectivity index (χ0n) is 16.9. The largest absolute Gasteiger partial charge is 0.382 e. The van der Waals surface area contributed by atoms with E-state index >= 15 is 0 Å². The van der Waals surface area contributed by atoms with Crippen LogP contribution in [-0.4, -0.2) is 44.3 Å². The van der Waals surface area contributed by atoms with Crippen molar-refractivity contribution < 1.29 is 13.9 Å². The van der Waals surface area contributed by atoms with Gasteiger partial charge in [-0.05, 0) is 44.4 Å². The third-order valence-electron chi connectivity index (χ3n) is 4.81. The first kappa shape index (κ1) is 21.5. The fraction of sp³-hybridized carbons (Fsp3) is 0.316. The van der Waals surface area contributed by atoms with Crippen LogP contribution >= 0.6 is 23.3 Å². The maximum atomic E-state index is 14.7. The molecule has 12 heteroatoms. The number of hydrogen-bond donors (Lipinski definition) is 1. The molecule has 162 valence electrons. The lowest BCUT2D eigenvalue weighted by molar-refractivity contribution is 0.0133. The van der Waals surface area contributed by atoms with Gasteiger partial charge in [0.05, 0.1) is 12.2 Å². The van der Waals surface area contributed by atoms with Crippen LogP contribution in [0.1, 0.15) is 23.9 Å². The summed E-state index contributed by atoms with van der Waals surface area (Å²) in [5.41, 5.74) is -0.00674. The molecule has 0 aliphatic carbocycles. The highest BCUT2D eigenvalue weighted by Crippen LogP contribution is 2.39. The van der Waals surface area contributed by atoms with Crippen LogP contribution in [0.15, 0.2) is 41.3 Å². The van der Waals surface area contributed by atoms with Crippen LogP contribution < -0.4 is 0 Å². The van der Waals surface area contributed by atoms with Crippen molar-refractivity contribution in [1.29, 1.82) is 0 Å². The monoisotopic (exact) mass is 463 g/mol. The summed E-state index contributed by atoms with van der Waals surface area (Å²) in [6, 6.07) is 5.05. The number of aliphatic hydroxyl groups is 1. The molecule has 3 heterocycles. The highest BCUT2D eigenvalue weighted by molar-refractivity contribution is 8.01. The molecule has 0 fully saturated rings. The fourth-order valence-corrected chi connectivity index (χ4v) is 5.20. The molecule has 0 radical (unpaired) electrons. The van der Waals surface area contributed by atoms with Crippen molar-refractivity contribution in [3.8, 4) is 5.95 Å². The van der Waals surface area contributed by atoms with E-state index < -0.39 is 22.5 Å². The number of thioether (sulfide) groups is 1. The summed E-state index contributed by atoms with van der Waals surface area (Å²) in [6.45, 7) is 5.46. The maximum absolute atomic E-state index is 14.7. The minimum absolute atomic E-state index is 0.0346. The molecule has 3 aromatic heterocycles. The molecule has 1 aromatic carbocycles. The van der Waals surface area contributed by atoms with Crippen LogP contribution in [0, 0.1) is 25.5 Å². The van der Waals surface area contributed by atoms with Gasteiger partial charge in [-0.25, -0.2) is 23.1 Å². The van der Waals surface area contributed by atoms with Crippen LogP contribution in [0.5, 0.6) is 0 Å². The molecule has 0 spiro atoms. The van der Waals surface area contributed by atoms with E-state index in [2.05, 4.69) is 24.5 Å². The Morgan fingerprint density at radius 1 is 1.26 bits per heavy atom. The van der Waals surface area contributed by atoms with Gasteiger partial charge in [0, 0.05) is 22.6 Å². The molecule has 0 saturated carbocycles. The Morgan fingerprint density at radius 3 is 2.71 bits per heavy atom. The van der Waals surface area contributed by atoms with E-state index in [1.165, 1.54) is 35.2 Å². The van der Waals surface area contributed by atoms with E-state index in [1.807, 2.05) is 19.9 Å². The number of halogens is 2. The van der Waals surface area contributed by atoms with E-state index in [-0.39, 0.29) is 12.1 Å². The van der Waals surface area contributed by atoms with Crippen molar-refractivity contribution in [1.82, 2.24) is 33.9 Å². The van der Waals surface area contributed by atoms with Crippen LogP contribution in [-0.2, 0) is 12.1 Å². The average Bonchev–Trinajstić information content (AvgIpc) is 3.43. The van der Waals surface area contributed by atoms with Crippen molar-refractivity contribution in [2.45, 2.75) is 42.5 Å². The standard InChI is InChI=1S/C19H19F2N7OS2/c1-11-6-12(2)28(25-11)17-24-18(31-26-17)30-13(3)19(29,8-27-10-22-9-23-27)15-5-4-14(20)7-16(15)21/h4-7,9-10,13,29H,8H2,1-3H3/t13-,19-/m1/s1. The van der Waals surface area contributed by atoms with Crippen LogP contribution in [0.4, 0.5) is 8.78 Å². The molecule has 0 aliphatic rings. The maximum Gasteiger partial charge on any atom is 0.263 e. The van der Waals surface area contributed by atoms with Crippen molar-refractivity contribution in [3.05, 3.63) is 65.5 Å². The van der Waals surface area contributed by atoms with E-state index in [1.54, 1.807) is 11.6 Å². The molecule has 8 nitrogen and oxygen atoms in total. The SMILES string of the molecule is Cc1cc(C)n(-c2nsc(S[C@H](C)[C@](O)(Cn3cncn3)c3ccc(F)cc3F)n2)n1. The van der Waals surface area contributed by atoms with Gasteiger partial charge in [0.1, 0.15) is 29.9 Å². The molecule has 2 atom stereocenters. The highest BCUT2D eigenvalue weighted by Gasteiger charge is 2.40. The van der Waals surface area contributed by atoms with Crippen molar-refractivity contribution in [3.63, 3.8) is 0 Å². The molecule has 4 aromatic rings. The van der Waals surface area contributed by atoms with E-state index in [0.717, 1.165) is 35.1 Å². The Hall–Kier alpha value is -2.70. The second-order valence-corrected chi connectivity index (χ2v) is 9.44. The molecule has 0 amide bonds. The van der Waals surface area contributed by atoms with Crippen molar-refractivity contribution in [2.75, 3.05) is 0 Å². The number of hydrogen-bond acceptors (Lipinski definition) is 8. The van der Waals surface area contributed by atoms with E-state index in [0.29, 0.717) is 10.3 Å². The van der Waals surface area contributed by atoms with Crippen molar-refractivity contribution >= 4 is 23.3 Å². The van der Waals surface area contributed by atoms with Gasteiger partial charge in [-0.3, -0.25) is 0 Å². The average molecular weight is 464 g/mol. The molecule has 1 N–H and O–H groups in total. The van der Waals surface area contributed by atoms with E-state index in [4.69, 9.17) is 0 Å². The lowest BCUT2D eigenvalue weighted by Gasteiger charge is -2.33. The first-order valence-corrected chi connectivity index (χ1v) is 11.0. The number of aromatic nitrogens is 7. The van der Waals surface area contributed by atoms with Crippen LogP contribution in [0.2, 0.25) is 0 Å². The molecular weight excluding hydrogens is 444 g/mol. The quantitative estimate of drug-likeness (QED) is 0.420. The molecular formula is C19H19F2N7OS2. The molecule has 31 heavy (non-hydrogen) atoms. The van der Waals surface area contributed by atoms with Gasteiger partial charge in [0.15, 0.2) is 4.34 Å². The Bertz CT molecular complexity index is 1190. The van der Waals surface area contributed by atoms with Crippen LogP contribution in [0.25, 0.3) is 5.95 Å². The fourth-order valence-electron chi connectivity index (χ4n) is 3.25. The van der Waals surface area contributed by atoms with Crippen molar-refractivity contribution in [2.24, 2.45) is 0 Å². The molecule has 0 bridgehead atoms. The molecule has 0 saturated heterocycles. The summed E-state index contributed by atoms with van der Waals surface area (Å²) < 4.78 is 36.1. The Kier molecular flexibility index (Phi) is 5.86.